The minimum atomic E-state index is -0.721. The van der Waals surface area contributed by atoms with Gasteiger partial charge in [-0.3, -0.25) is 4.79 Å². The number of aromatic nitrogens is 2. The van der Waals surface area contributed by atoms with Crippen LogP contribution in [0, 0.1) is 5.41 Å². The van der Waals surface area contributed by atoms with Crippen LogP contribution in [0.5, 0.6) is 0 Å². The summed E-state index contributed by atoms with van der Waals surface area (Å²) in [5.41, 5.74) is 5.72. The van der Waals surface area contributed by atoms with Crippen molar-refractivity contribution in [2.24, 2.45) is 11.1 Å². The first-order chi connectivity index (χ1) is 9.15. The summed E-state index contributed by atoms with van der Waals surface area (Å²) in [4.78, 5) is 20.6. The molecule has 1 amide bonds. The smallest absolute Gasteiger partial charge is 0.237 e. The van der Waals surface area contributed by atoms with Crippen molar-refractivity contribution in [3.05, 3.63) is 18.7 Å². The number of nitrogens with one attached hydrogen (secondary N) is 1. The van der Waals surface area contributed by atoms with E-state index in [1.165, 1.54) is 6.33 Å². The van der Waals surface area contributed by atoms with Crippen molar-refractivity contribution in [3.63, 3.8) is 0 Å². The van der Waals surface area contributed by atoms with Crippen LogP contribution < -0.4 is 11.1 Å². The van der Waals surface area contributed by atoms with Gasteiger partial charge in [-0.1, -0.05) is 37.9 Å². The average Bonchev–Trinajstić information content (AvgIpc) is 2.66. The van der Waals surface area contributed by atoms with Crippen LogP contribution in [0.1, 0.15) is 38.5 Å². The Hall–Kier alpha value is -1.56. The fraction of sp³-hybridized carbons (Fsp3) is 0.538. The number of hydrogen-bond acceptors (Lipinski definition) is 4. The van der Waals surface area contributed by atoms with Crippen LogP contribution in [-0.2, 0) is 4.79 Å². The molecule has 1 aliphatic carbocycles. The Balaban J connectivity index is 2.19. The van der Waals surface area contributed by atoms with E-state index in [0.717, 1.165) is 38.5 Å². The zero-order chi connectivity index (χ0) is 13.7. The second kappa shape index (κ2) is 6.06. The van der Waals surface area contributed by atoms with Gasteiger partial charge < -0.3 is 11.1 Å². The van der Waals surface area contributed by atoms with Crippen LogP contribution in [0.15, 0.2) is 18.7 Å². The lowest BCUT2D eigenvalue weighted by molar-refractivity contribution is -0.122. The summed E-state index contributed by atoms with van der Waals surface area (Å²) >= 11 is 5.17. The molecule has 0 aliphatic heterocycles. The standard InChI is InChI=1S/C13H18N4OS/c14-11(19)13(5-3-1-2-4-6-13)12(18)17-10-7-15-9-16-8-10/h7-9H,1-6H2,(H2,14,19)(H,17,18). The van der Waals surface area contributed by atoms with Gasteiger partial charge in [0.2, 0.25) is 5.91 Å². The Morgan fingerprint density at radius 3 is 2.32 bits per heavy atom. The lowest BCUT2D eigenvalue weighted by Crippen LogP contribution is -2.45. The number of anilines is 1. The van der Waals surface area contributed by atoms with Gasteiger partial charge in [-0.05, 0) is 12.8 Å². The number of nitrogens with two attached hydrogens (primary N) is 1. The van der Waals surface area contributed by atoms with Crippen molar-refractivity contribution in [2.75, 3.05) is 5.32 Å². The maximum absolute atomic E-state index is 12.5. The van der Waals surface area contributed by atoms with E-state index >= 15 is 0 Å². The van der Waals surface area contributed by atoms with Gasteiger partial charge in [0.05, 0.1) is 28.5 Å². The SMILES string of the molecule is NC(=S)C1(C(=O)Nc2cncnc2)CCCCCC1. The zero-order valence-corrected chi connectivity index (χ0v) is 11.6. The summed E-state index contributed by atoms with van der Waals surface area (Å²) in [6.45, 7) is 0. The van der Waals surface area contributed by atoms with Crippen molar-refractivity contribution in [2.45, 2.75) is 38.5 Å². The van der Waals surface area contributed by atoms with Crippen LogP contribution in [0.2, 0.25) is 0 Å². The van der Waals surface area contributed by atoms with Gasteiger partial charge >= 0.3 is 0 Å². The molecule has 1 fully saturated rings. The third kappa shape index (κ3) is 3.07. The molecule has 1 aromatic heterocycles. The molecule has 0 radical (unpaired) electrons. The maximum atomic E-state index is 12.5. The van der Waals surface area contributed by atoms with Gasteiger partial charge in [0.1, 0.15) is 6.33 Å². The highest BCUT2D eigenvalue weighted by Crippen LogP contribution is 2.36. The third-order valence-electron chi connectivity index (χ3n) is 3.68. The summed E-state index contributed by atoms with van der Waals surface area (Å²) in [7, 11) is 0. The van der Waals surface area contributed by atoms with E-state index in [2.05, 4.69) is 15.3 Å². The summed E-state index contributed by atoms with van der Waals surface area (Å²) in [5.74, 6) is -0.128. The summed E-state index contributed by atoms with van der Waals surface area (Å²) < 4.78 is 0. The predicted octanol–water partition coefficient (Wildman–Crippen LogP) is 2.04. The fourth-order valence-electron chi connectivity index (χ4n) is 2.53. The largest absolute Gasteiger partial charge is 0.392 e. The Labute approximate surface area is 118 Å². The number of rotatable bonds is 3. The Morgan fingerprint density at radius 1 is 1.21 bits per heavy atom. The second-order valence-corrected chi connectivity index (χ2v) is 5.38. The first-order valence-electron chi connectivity index (χ1n) is 6.51. The van der Waals surface area contributed by atoms with Crippen molar-refractivity contribution in [1.82, 2.24) is 9.97 Å². The van der Waals surface area contributed by atoms with E-state index in [1.807, 2.05) is 0 Å². The Morgan fingerprint density at radius 2 is 1.79 bits per heavy atom. The van der Waals surface area contributed by atoms with Gasteiger partial charge in [0.15, 0.2) is 0 Å². The molecule has 0 saturated heterocycles. The van der Waals surface area contributed by atoms with Gasteiger partial charge in [-0.2, -0.15) is 0 Å². The molecule has 1 heterocycles. The van der Waals surface area contributed by atoms with Crippen molar-refractivity contribution < 1.29 is 4.79 Å². The third-order valence-corrected chi connectivity index (χ3v) is 4.07. The highest BCUT2D eigenvalue weighted by atomic mass is 32.1. The van der Waals surface area contributed by atoms with Crippen molar-refractivity contribution >= 4 is 28.8 Å². The molecule has 3 N–H and O–H groups in total. The van der Waals surface area contributed by atoms with Gasteiger partial charge in [-0.25, -0.2) is 9.97 Å². The molecule has 1 aliphatic rings. The van der Waals surface area contributed by atoms with E-state index in [9.17, 15) is 4.79 Å². The Bertz CT molecular complexity index is 455. The molecule has 5 nitrogen and oxygen atoms in total. The fourth-order valence-corrected chi connectivity index (χ4v) is 2.83. The second-order valence-electron chi connectivity index (χ2n) is 4.94. The maximum Gasteiger partial charge on any atom is 0.237 e. The highest BCUT2D eigenvalue weighted by Gasteiger charge is 2.41. The predicted molar refractivity (Wildman–Crippen MR) is 77.6 cm³/mol. The van der Waals surface area contributed by atoms with E-state index in [-0.39, 0.29) is 5.91 Å². The summed E-state index contributed by atoms with van der Waals surface area (Å²) in [5, 5.41) is 2.83. The quantitative estimate of drug-likeness (QED) is 0.653. The number of amides is 1. The van der Waals surface area contributed by atoms with E-state index in [4.69, 9.17) is 18.0 Å². The normalized spacial score (nSPS) is 18.3. The monoisotopic (exact) mass is 278 g/mol. The van der Waals surface area contributed by atoms with Crippen molar-refractivity contribution in [1.29, 1.82) is 0 Å². The first kappa shape index (κ1) is 13.9. The number of carbonyl (C=O) groups is 1. The van der Waals surface area contributed by atoms with Gasteiger partial charge in [-0.15, -0.1) is 0 Å². The molecule has 0 atom stereocenters. The summed E-state index contributed by atoms with van der Waals surface area (Å²) in [6, 6.07) is 0. The van der Waals surface area contributed by atoms with E-state index in [1.54, 1.807) is 12.4 Å². The number of carbonyl (C=O) groups excluding carboxylic acids is 1. The molecule has 102 valence electrons. The summed E-state index contributed by atoms with van der Waals surface area (Å²) in [6.07, 6.45) is 10.2. The lowest BCUT2D eigenvalue weighted by atomic mass is 9.79. The van der Waals surface area contributed by atoms with Crippen LogP contribution >= 0.6 is 12.2 Å². The average molecular weight is 278 g/mol. The van der Waals surface area contributed by atoms with Crippen LogP contribution in [-0.4, -0.2) is 20.9 Å². The molecule has 0 bridgehead atoms. The number of thiocarbonyl (C=S) groups is 1. The minimum absolute atomic E-state index is 0.128. The van der Waals surface area contributed by atoms with Crippen LogP contribution in [0.25, 0.3) is 0 Å². The molecular formula is C13H18N4OS. The number of nitrogens with zero attached hydrogens (tertiary/aromatic N) is 2. The highest BCUT2D eigenvalue weighted by molar-refractivity contribution is 7.80. The van der Waals surface area contributed by atoms with Crippen LogP contribution in [0.3, 0.4) is 0 Å². The van der Waals surface area contributed by atoms with Gasteiger partial charge in [0, 0.05) is 0 Å². The molecule has 6 heteroatoms. The molecule has 1 saturated carbocycles. The molecule has 0 spiro atoms. The Kier molecular flexibility index (Phi) is 4.42. The molecular weight excluding hydrogens is 260 g/mol. The minimum Gasteiger partial charge on any atom is -0.392 e. The molecule has 1 aromatic rings. The van der Waals surface area contributed by atoms with Crippen molar-refractivity contribution in [3.8, 4) is 0 Å². The van der Waals surface area contributed by atoms with E-state index in [0.29, 0.717) is 10.7 Å². The lowest BCUT2D eigenvalue weighted by Gasteiger charge is -2.30. The number of hydrogen-bond donors (Lipinski definition) is 2. The zero-order valence-electron chi connectivity index (χ0n) is 10.8. The molecule has 0 aromatic carbocycles. The molecule has 19 heavy (non-hydrogen) atoms. The first-order valence-corrected chi connectivity index (χ1v) is 6.92. The van der Waals surface area contributed by atoms with E-state index < -0.39 is 5.41 Å². The van der Waals surface area contributed by atoms with Gasteiger partial charge in [0.25, 0.3) is 0 Å². The molecule has 0 unspecified atom stereocenters. The molecule has 2 rings (SSSR count). The van der Waals surface area contributed by atoms with Crippen LogP contribution in [0.4, 0.5) is 5.69 Å². The topological polar surface area (TPSA) is 80.9 Å².